The fourth-order valence-corrected chi connectivity index (χ4v) is 3.03. The van der Waals surface area contributed by atoms with Gasteiger partial charge in [0.25, 0.3) is 0 Å². The molecule has 2 amide bonds. The summed E-state index contributed by atoms with van der Waals surface area (Å²) in [5.74, 6) is -1.46. The number of carbonyl (C=O) groups excluding carboxylic acids is 1. The second-order valence-electron chi connectivity index (χ2n) is 7.52. The molecule has 0 saturated heterocycles. The van der Waals surface area contributed by atoms with Crippen molar-refractivity contribution in [2.45, 2.75) is 6.18 Å². The Balaban J connectivity index is 0.000000623. The molecular weight excluding hydrogens is 544 g/mol. The number of aromatic nitrogens is 1. The van der Waals surface area contributed by atoms with Crippen molar-refractivity contribution in [2.24, 2.45) is 0 Å². The number of nitriles is 1. The van der Waals surface area contributed by atoms with Crippen molar-refractivity contribution in [2.75, 3.05) is 17.7 Å². The average molecular weight is 562 g/mol. The fourth-order valence-electron chi connectivity index (χ4n) is 3.03. The van der Waals surface area contributed by atoms with Crippen molar-refractivity contribution >= 4 is 34.3 Å². The summed E-state index contributed by atoms with van der Waals surface area (Å²) in [6, 6.07) is 19.7. The van der Waals surface area contributed by atoms with E-state index in [1.54, 1.807) is 61.7 Å². The SMILES string of the molecule is COc1ccc(NC(=O)Nc2ccc(Oc3ccnc4cc([O-])c(C#N)cc34)cc2)cc1.O=C(O)C(F)(F)F.[Na+]. The van der Waals surface area contributed by atoms with Crippen molar-refractivity contribution in [3.05, 3.63) is 78.5 Å². The molecule has 4 aromatic rings. The maximum absolute atomic E-state index is 12.2. The number of halogens is 3. The van der Waals surface area contributed by atoms with Gasteiger partial charge >= 0.3 is 47.7 Å². The second kappa shape index (κ2) is 14.0. The Morgan fingerprint density at radius 3 is 1.98 bits per heavy atom. The zero-order valence-electron chi connectivity index (χ0n) is 20.9. The van der Waals surface area contributed by atoms with E-state index in [4.69, 9.17) is 24.6 Å². The van der Waals surface area contributed by atoms with Gasteiger partial charge in [-0.2, -0.15) is 18.4 Å². The molecule has 3 aromatic carbocycles. The Labute approximate surface area is 247 Å². The zero-order valence-corrected chi connectivity index (χ0v) is 22.9. The first-order valence-corrected chi connectivity index (χ1v) is 10.8. The van der Waals surface area contributed by atoms with Crippen LogP contribution in [0.3, 0.4) is 0 Å². The van der Waals surface area contributed by atoms with E-state index in [0.29, 0.717) is 39.5 Å². The Hall–Kier alpha value is -4.51. The van der Waals surface area contributed by atoms with Gasteiger partial charge in [0.05, 0.1) is 18.7 Å². The molecule has 0 aliphatic carbocycles. The summed E-state index contributed by atoms with van der Waals surface area (Å²) in [6.45, 7) is 0. The smallest absolute Gasteiger partial charge is 0.872 e. The number of pyridine rings is 1. The summed E-state index contributed by atoms with van der Waals surface area (Å²) in [6.07, 6.45) is -3.55. The van der Waals surface area contributed by atoms with E-state index in [9.17, 15) is 23.1 Å². The number of carboxylic acid groups (broad SMARTS) is 1. The summed E-state index contributed by atoms with van der Waals surface area (Å²) in [7, 11) is 1.57. The van der Waals surface area contributed by atoms with E-state index < -0.39 is 12.1 Å². The summed E-state index contributed by atoms with van der Waals surface area (Å²) < 4.78 is 42.7. The third-order valence-electron chi connectivity index (χ3n) is 4.85. The standard InChI is InChI=1S/C24H18N4O4.C2HF3O2.Na/c1-31-18-6-2-16(3-7-18)27-24(30)28-17-4-8-19(9-5-17)32-23-10-11-26-21-13-22(29)15(14-25)12-20(21)23;3-2(4,5)1(6)7;/h2-13,29H,1H3,(H2,27,28,30);(H,6,7);/q;;+1/p-1. The fraction of sp³-hybridized carbons (Fsp3) is 0.0769. The van der Waals surface area contributed by atoms with Gasteiger partial charge in [0.1, 0.15) is 17.2 Å². The number of aliphatic carboxylic acids is 1. The molecule has 0 aliphatic rings. The van der Waals surface area contributed by atoms with Crippen molar-refractivity contribution in [3.8, 4) is 29.1 Å². The van der Waals surface area contributed by atoms with Crippen molar-refractivity contribution in [1.82, 2.24) is 4.98 Å². The molecule has 0 atom stereocenters. The Morgan fingerprint density at radius 1 is 0.975 bits per heavy atom. The number of alkyl halides is 3. The molecule has 0 bridgehead atoms. The number of anilines is 2. The minimum atomic E-state index is -5.08. The number of fused-ring (bicyclic) bond motifs is 1. The minimum absolute atomic E-state index is 0. The molecule has 40 heavy (non-hydrogen) atoms. The Morgan fingerprint density at radius 2 is 1.50 bits per heavy atom. The maximum atomic E-state index is 12.2. The van der Waals surface area contributed by atoms with Crippen LogP contribution < -0.4 is 54.8 Å². The number of hydrogen-bond donors (Lipinski definition) is 3. The molecule has 0 spiro atoms. The number of rotatable bonds is 5. The third-order valence-corrected chi connectivity index (χ3v) is 4.85. The molecule has 200 valence electrons. The van der Waals surface area contributed by atoms with Gasteiger partial charge in [-0.05, 0) is 66.7 Å². The van der Waals surface area contributed by atoms with Gasteiger partial charge in [-0.15, -0.1) is 0 Å². The summed E-state index contributed by atoms with van der Waals surface area (Å²) >= 11 is 0. The number of ether oxygens (including phenoxy) is 2. The normalized spacial score (nSPS) is 10.2. The number of benzene rings is 3. The van der Waals surface area contributed by atoms with Crippen LogP contribution in [0.25, 0.3) is 10.9 Å². The molecular formula is C26H18F3N4NaO6. The van der Waals surface area contributed by atoms with E-state index >= 15 is 0 Å². The summed E-state index contributed by atoms with van der Waals surface area (Å²) in [5.41, 5.74) is 1.68. The molecule has 1 aromatic heterocycles. The van der Waals surface area contributed by atoms with Crippen LogP contribution in [-0.4, -0.2) is 35.4 Å². The molecule has 1 heterocycles. The first kappa shape index (κ1) is 31.7. The van der Waals surface area contributed by atoms with Gasteiger partial charge in [0.2, 0.25) is 0 Å². The van der Waals surface area contributed by atoms with E-state index in [-0.39, 0.29) is 46.9 Å². The number of hydrogen-bond acceptors (Lipinski definition) is 7. The molecule has 3 N–H and O–H groups in total. The van der Waals surface area contributed by atoms with E-state index in [1.807, 2.05) is 6.07 Å². The average Bonchev–Trinajstić information content (AvgIpc) is 2.90. The van der Waals surface area contributed by atoms with Crippen LogP contribution in [0.1, 0.15) is 5.56 Å². The van der Waals surface area contributed by atoms with Crippen LogP contribution in [0.4, 0.5) is 29.3 Å². The second-order valence-corrected chi connectivity index (χ2v) is 7.52. The van der Waals surface area contributed by atoms with Gasteiger partial charge in [-0.1, -0.05) is 5.75 Å². The number of amides is 2. The molecule has 10 nitrogen and oxygen atoms in total. The van der Waals surface area contributed by atoms with Crippen molar-refractivity contribution in [3.63, 3.8) is 0 Å². The van der Waals surface area contributed by atoms with Crippen molar-refractivity contribution in [1.29, 1.82) is 5.26 Å². The monoisotopic (exact) mass is 562 g/mol. The topological polar surface area (TPSA) is 157 Å². The number of carbonyl (C=O) groups is 2. The predicted molar refractivity (Wildman–Crippen MR) is 132 cm³/mol. The van der Waals surface area contributed by atoms with Gasteiger partial charge in [0, 0.05) is 28.5 Å². The maximum Gasteiger partial charge on any atom is 1.00 e. The van der Waals surface area contributed by atoms with Gasteiger partial charge in [-0.25, -0.2) is 9.59 Å². The van der Waals surface area contributed by atoms with E-state index in [2.05, 4.69) is 15.6 Å². The molecule has 4 rings (SSSR count). The number of urea groups is 1. The first-order chi connectivity index (χ1) is 18.5. The molecule has 14 heteroatoms. The quantitative estimate of drug-likeness (QED) is 0.313. The largest absolute Gasteiger partial charge is 1.00 e. The summed E-state index contributed by atoms with van der Waals surface area (Å²) in [4.78, 5) is 25.3. The van der Waals surface area contributed by atoms with Crippen LogP contribution in [0.15, 0.2) is 72.9 Å². The zero-order chi connectivity index (χ0) is 28.6. The van der Waals surface area contributed by atoms with E-state index in [0.717, 1.165) is 0 Å². The van der Waals surface area contributed by atoms with Crippen LogP contribution in [0.5, 0.6) is 23.0 Å². The molecule has 0 radical (unpaired) electrons. The molecule has 0 unspecified atom stereocenters. The van der Waals surface area contributed by atoms with Crippen LogP contribution in [0, 0.1) is 11.3 Å². The molecule has 0 saturated carbocycles. The number of methoxy groups -OCH3 is 1. The van der Waals surface area contributed by atoms with Crippen molar-refractivity contribution < 1.29 is 72.0 Å². The number of nitrogens with one attached hydrogen (secondary N) is 2. The Bertz CT molecular complexity index is 1530. The molecule has 0 aliphatic heterocycles. The van der Waals surface area contributed by atoms with E-state index in [1.165, 1.54) is 18.3 Å². The van der Waals surface area contributed by atoms with Gasteiger partial charge in [0.15, 0.2) is 0 Å². The molecule has 0 fully saturated rings. The number of nitrogens with zero attached hydrogens (tertiary/aromatic N) is 2. The number of carboxylic acids is 1. The summed E-state index contributed by atoms with van der Waals surface area (Å²) in [5, 5.41) is 34.1. The van der Waals surface area contributed by atoms with Crippen LogP contribution in [0.2, 0.25) is 0 Å². The van der Waals surface area contributed by atoms with Gasteiger partial charge < -0.3 is 30.3 Å². The minimum Gasteiger partial charge on any atom is -0.872 e. The third kappa shape index (κ3) is 8.77. The first-order valence-electron chi connectivity index (χ1n) is 10.8. The van der Waals surface area contributed by atoms with Gasteiger partial charge in [-0.3, -0.25) is 4.98 Å². The van der Waals surface area contributed by atoms with Crippen LogP contribution >= 0.6 is 0 Å². The predicted octanol–water partition coefficient (Wildman–Crippen LogP) is 2.26. The Kier molecular flexibility index (Phi) is 11.1. The van der Waals surface area contributed by atoms with Crippen LogP contribution in [-0.2, 0) is 4.79 Å².